The van der Waals surface area contributed by atoms with Gasteiger partial charge in [0.15, 0.2) is 0 Å². The van der Waals surface area contributed by atoms with Crippen LogP contribution in [0.4, 0.5) is 0 Å². The lowest BCUT2D eigenvalue weighted by Gasteiger charge is -2.35. The molecule has 0 radical (unpaired) electrons. The molecule has 8 heteroatoms. The highest BCUT2D eigenvalue weighted by atomic mass is 16.5. The highest BCUT2D eigenvalue weighted by Gasteiger charge is 2.25. The maximum absolute atomic E-state index is 12.5. The van der Waals surface area contributed by atoms with Crippen LogP contribution in [0.3, 0.4) is 0 Å². The summed E-state index contributed by atoms with van der Waals surface area (Å²) >= 11 is 0. The molecular weight excluding hydrogens is 332 g/mol. The van der Waals surface area contributed by atoms with E-state index in [0.29, 0.717) is 11.7 Å². The molecule has 2 saturated heterocycles. The van der Waals surface area contributed by atoms with E-state index in [1.54, 1.807) is 0 Å². The normalized spacial score (nSPS) is 21.2. The van der Waals surface area contributed by atoms with Gasteiger partial charge in [-0.05, 0) is 17.6 Å². The van der Waals surface area contributed by atoms with Crippen LogP contribution in [0.1, 0.15) is 6.42 Å². The average Bonchev–Trinajstić information content (AvgIpc) is 3.35. The molecular formula is C18H24N6O2. The predicted molar refractivity (Wildman–Crippen MR) is 95.2 cm³/mol. The molecule has 26 heavy (non-hydrogen) atoms. The van der Waals surface area contributed by atoms with Crippen molar-refractivity contribution >= 4 is 5.91 Å². The second-order valence-corrected chi connectivity index (χ2v) is 6.92. The summed E-state index contributed by atoms with van der Waals surface area (Å²) in [5.41, 5.74) is 0.899. The van der Waals surface area contributed by atoms with Gasteiger partial charge in [-0.25, -0.2) is 0 Å². The van der Waals surface area contributed by atoms with E-state index in [1.807, 2.05) is 35.2 Å². The molecule has 138 valence electrons. The maximum Gasteiger partial charge on any atom is 0.246 e. The summed E-state index contributed by atoms with van der Waals surface area (Å²) in [5.74, 6) is 1.24. The fraction of sp³-hybridized carbons (Fsp3) is 0.556. The van der Waals surface area contributed by atoms with Crippen LogP contribution in [0, 0.1) is 5.92 Å². The zero-order chi connectivity index (χ0) is 17.8. The summed E-state index contributed by atoms with van der Waals surface area (Å²) in [6.45, 7) is 6.33. The third-order valence-electron chi connectivity index (χ3n) is 5.03. The molecule has 0 saturated carbocycles. The van der Waals surface area contributed by atoms with E-state index in [1.165, 1.54) is 4.80 Å². The molecule has 1 amide bonds. The first kappa shape index (κ1) is 17.1. The molecule has 0 spiro atoms. The predicted octanol–water partition coefficient (Wildman–Crippen LogP) is 0.521. The Morgan fingerprint density at radius 3 is 2.69 bits per heavy atom. The molecule has 2 aliphatic rings. The van der Waals surface area contributed by atoms with E-state index in [-0.39, 0.29) is 12.5 Å². The minimum absolute atomic E-state index is 0.0471. The van der Waals surface area contributed by atoms with Gasteiger partial charge < -0.3 is 9.64 Å². The second-order valence-electron chi connectivity index (χ2n) is 6.92. The number of ether oxygens (including phenoxy) is 1. The summed E-state index contributed by atoms with van der Waals surface area (Å²) in [5, 5.41) is 12.4. The van der Waals surface area contributed by atoms with Crippen LogP contribution in [0.15, 0.2) is 30.3 Å². The quantitative estimate of drug-likeness (QED) is 0.777. The van der Waals surface area contributed by atoms with Crippen molar-refractivity contribution in [1.29, 1.82) is 0 Å². The molecule has 4 rings (SSSR count). The standard InChI is InChI=1S/C18H24N6O2/c25-17(13-24-20-18(19-21-24)16-4-2-1-3-5-16)23-9-7-22(8-10-23)12-15-6-11-26-14-15/h1-5,15H,6-14H2. The van der Waals surface area contributed by atoms with Crippen molar-refractivity contribution in [1.82, 2.24) is 30.0 Å². The van der Waals surface area contributed by atoms with Crippen molar-refractivity contribution in [2.45, 2.75) is 13.0 Å². The lowest BCUT2D eigenvalue weighted by atomic mass is 10.1. The topological polar surface area (TPSA) is 76.4 Å². The Kier molecular flexibility index (Phi) is 5.21. The molecule has 1 aromatic carbocycles. The van der Waals surface area contributed by atoms with Crippen molar-refractivity contribution in [2.24, 2.45) is 5.92 Å². The van der Waals surface area contributed by atoms with Gasteiger partial charge >= 0.3 is 0 Å². The van der Waals surface area contributed by atoms with Gasteiger partial charge in [-0.3, -0.25) is 9.69 Å². The van der Waals surface area contributed by atoms with E-state index in [2.05, 4.69) is 20.3 Å². The van der Waals surface area contributed by atoms with Gasteiger partial charge in [-0.15, -0.1) is 10.2 Å². The fourth-order valence-corrected chi connectivity index (χ4v) is 3.51. The number of piperazine rings is 1. The second kappa shape index (κ2) is 7.92. The first-order valence-corrected chi connectivity index (χ1v) is 9.19. The molecule has 0 N–H and O–H groups in total. The third-order valence-corrected chi connectivity index (χ3v) is 5.03. The number of aromatic nitrogens is 4. The van der Waals surface area contributed by atoms with E-state index in [9.17, 15) is 4.79 Å². The Hall–Kier alpha value is -2.32. The summed E-state index contributed by atoms with van der Waals surface area (Å²) < 4.78 is 5.44. The zero-order valence-corrected chi connectivity index (χ0v) is 14.8. The number of benzene rings is 1. The number of rotatable bonds is 5. The van der Waals surface area contributed by atoms with Crippen LogP contribution >= 0.6 is 0 Å². The number of hydrogen-bond acceptors (Lipinski definition) is 6. The van der Waals surface area contributed by atoms with Gasteiger partial charge in [0, 0.05) is 44.9 Å². The molecule has 3 heterocycles. The first-order valence-electron chi connectivity index (χ1n) is 9.19. The number of nitrogens with zero attached hydrogens (tertiary/aromatic N) is 6. The van der Waals surface area contributed by atoms with Gasteiger partial charge in [0.1, 0.15) is 6.54 Å². The molecule has 1 unspecified atom stereocenters. The minimum atomic E-state index is 0.0471. The molecule has 8 nitrogen and oxygen atoms in total. The van der Waals surface area contributed by atoms with Crippen molar-refractivity contribution in [3.8, 4) is 11.4 Å². The van der Waals surface area contributed by atoms with Gasteiger partial charge in [0.25, 0.3) is 0 Å². The maximum atomic E-state index is 12.5. The first-order chi connectivity index (χ1) is 12.8. The number of carbonyl (C=O) groups excluding carboxylic acids is 1. The number of carbonyl (C=O) groups is 1. The monoisotopic (exact) mass is 356 g/mol. The fourth-order valence-electron chi connectivity index (χ4n) is 3.51. The largest absolute Gasteiger partial charge is 0.381 e. The summed E-state index contributed by atoms with van der Waals surface area (Å²) in [4.78, 5) is 18.2. The Balaban J connectivity index is 1.27. The van der Waals surface area contributed by atoms with Crippen LogP contribution in [0.2, 0.25) is 0 Å². The average molecular weight is 356 g/mol. The molecule has 2 aliphatic heterocycles. The van der Waals surface area contributed by atoms with E-state index in [4.69, 9.17) is 4.74 Å². The van der Waals surface area contributed by atoms with Gasteiger partial charge in [0.2, 0.25) is 11.7 Å². The number of tetrazole rings is 1. The van der Waals surface area contributed by atoms with Crippen molar-refractivity contribution in [3.05, 3.63) is 30.3 Å². The molecule has 2 aromatic rings. The minimum Gasteiger partial charge on any atom is -0.381 e. The lowest BCUT2D eigenvalue weighted by Crippen LogP contribution is -2.50. The van der Waals surface area contributed by atoms with Crippen molar-refractivity contribution in [2.75, 3.05) is 45.9 Å². The van der Waals surface area contributed by atoms with Crippen molar-refractivity contribution in [3.63, 3.8) is 0 Å². The van der Waals surface area contributed by atoms with Crippen LogP contribution < -0.4 is 0 Å². The highest BCUT2D eigenvalue weighted by molar-refractivity contribution is 5.76. The summed E-state index contributed by atoms with van der Waals surface area (Å²) in [6, 6.07) is 9.66. The lowest BCUT2D eigenvalue weighted by molar-refractivity contribution is -0.134. The Bertz CT molecular complexity index is 720. The van der Waals surface area contributed by atoms with E-state index < -0.39 is 0 Å². The smallest absolute Gasteiger partial charge is 0.246 e. The molecule has 0 bridgehead atoms. The number of amides is 1. The molecule has 2 fully saturated rings. The van der Waals surface area contributed by atoms with E-state index >= 15 is 0 Å². The van der Waals surface area contributed by atoms with E-state index in [0.717, 1.165) is 57.9 Å². The zero-order valence-electron chi connectivity index (χ0n) is 14.8. The molecule has 1 atom stereocenters. The Morgan fingerprint density at radius 2 is 1.96 bits per heavy atom. The third kappa shape index (κ3) is 4.08. The van der Waals surface area contributed by atoms with Gasteiger partial charge in [0.05, 0.1) is 6.61 Å². The SMILES string of the molecule is O=C(Cn1nnc(-c2ccccc2)n1)N1CCN(CC2CCOC2)CC1. The highest BCUT2D eigenvalue weighted by Crippen LogP contribution is 2.15. The Labute approximate surface area is 152 Å². The van der Waals surface area contributed by atoms with Crippen LogP contribution in [0.5, 0.6) is 0 Å². The van der Waals surface area contributed by atoms with Gasteiger partial charge in [-0.2, -0.15) is 4.80 Å². The van der Waals surface area contributed by atoms with Crippen molar-refractivity contribution < 1.29 is 9.53 Å². The molecule has 1 aromatic heterocycles. The Morgan fingerprint density at radius 1 is 1.15 bits per heavy atom. The van der Waals surface area contributed by atoms with Crippen LogP contribution in [-0.4, -0.2) is 81.9 Å². The molecule has 0 aliphatic carbocycles. The van der Waals surface area contributed by atoms with Crippen LogP contribution in [-0.2, 0) is 16.1 Å². The summed E-state index contributed by atoms with van der Waals surface area (Å²) in [7, 11) is 0. The number of hydrogen-bond donors (Lipinski definition) is 0. The summed E-state index contributed by atoms with van der Waals surface area (Å²) in [6.07, 6.45) is 1.15. The van der Waals surface area contributed by atoms with Crippen LogP contribution in [0.25, 0.3) is 11.4 Å². The van der Waals surface area contributed by atoms with Gasteiger partial charge in [-0.1, -0.05) is 30.3 Å².